The zero-order valence-electron chi connectivity index (χ0n) is 13.9. The lowest BCUT2D eigenvalue weighted by Gasteiger charge is -2.36. The Hall–Kier alpha value is -1.72. The lowest BCUT2D eigenvalue weighted by molar-refractivity contribution is 0.0915. The number of hydrogen-bond acceptors (Lipinski definition) is 3. The molecule has 24 heavy (non-hydrogen) atoms. The SMILES string of the molecule is CC1CCN(C(CNC(=O)c2ccc(F)cc2)c2cccs2)CC1. The van der Waals surface area contributed by atoms with E-state index in [2.05, 4.69) is 34.7 Å². The molecule has 2 aromatic rings. The van der Waals surface area contributed by atoms with E-state index >= 15 is 0 Å². The van der Waals surface area contributed by atoms with Crippen molar-refractivity contribution in [3.8, 4) is 0 Å². The van der Waals surface area contributed by atoms with E-state index in [4.69, 9.17) is 0 Å². The standard InChI is InChI=1S/C19H23FN2OS/c1-14-8-10-22(11-9-14)17(18-3-2-12-24-18)13-21-19(23)15-4-6-16(20)7-5-15/h2-7,12,14,17H,8-11,13H2,1H3,(H,21,23). The van der Waals surface area contributed by atoms with Gasteiger partial charge in [0.2, 0.25) is 0 Å². The molecule has 1 saturated heterocycles. The van der Waals surface area contributed by atoms with Gasteiger partial charge < -0.3 is 5.32 Å². The van der Waals surface area contributed by atoms with Gasteiger partial charge in [-0.1, -0.05) is 13.0 Å². The van der Waals surface area contributed by atoms with E-state index in [-0.39, 0.29) is 17.8 Å². The third-order valence-corrected chi connectivity index (χ3v) is 5.67. The van der Waals surface area contributed by atoms with Crippen LogP contribution in [0.25, 0.3) is 0 Å². The molecule has 0 bridgehead atoms. The molecule has 5 heteroatoms. The summed E-state index contributed by atoms with van der Waals surface area (Å²) in [6.45, 7) is 5.01. The first kappa shape index (κ1) is 17.1. The molecule has 1 aliphatic heterocycles. The van der Waals surface area contributed by atoms with Crippen LogP contribution in [0.15, 0.2) is 41.8 Å². The maximum absolute atomic E-state index is 13.0. The van der Waals surface area contributed by atoms with Gasteiger partial charge in [-0.15, -0.1) is 11.3 Å². The van der Waals surface area contributed by atoms with E-state index in [1.807, 2.05) is 0 Å². The number of hydrogen-bond donors (Lipinski definition) is 1. The number of likely N-dealkylation sites (tertiary alicyclic amines) is 1. The Morgan fingerprint density at radius 2 is 2.00 bits per heavy atom. The van der Waals surface area contributed by atoms with Crippen molar-refractivity contribution >= 4 is 17.2 Å². The number of nitrogens with one attached hydrogen (secondary N) is 1. The van der Waals surface area contributed by atoms with Crippen molar-refractivity contribution in [1.29, 1.82) is 0 Å². The average Bonchev–Trinajstić information content (AvgIpc) is 3.11. The molecule has 3 nitrogen and oxygen atoms in total. The highest BCUT2D eigenvalue weighted by atomic mass is 32.1. The van der Waals surface area contributed by atoms with Gasteiger partial charge in [0.1, 0.15) is 5.82 Å². The molecule has 0 aliphatic carbocycles. The molecule has 1 aliphatic rings. The largest absolute Gasteiger partial charge is 0.350 e. The van der Waals surface area contributed by atoms with E-state index in [0.29, 0.717) is 12.1 Å². The molecular weight excluding hydrogens is 323 g/mol. The predicted octanol–water partition coefficient (Wildman–Crippen LogP) is 4.09. The zero-order valence-corrected chi connectivity index (χ0v) is 14.7. The van der Waals surface area contributed by atoms with Crippen LogP contribution in [-0.2, 0) is 0 Å². The van der Waals surface area contributed by atoms with Gasteiger partial charge >= 0.3 is 0 Å². The summed E-state index contributed by atoms with van der Waals surface area (Å²) in [6.07, 6.45) is 2.40. The Bertz CT molecular complexity index is 649. The van der Waals surface area contributed by atoms with Crippen LogP contribution >= 0.6 is 11.3 Å². The molecule has 0 radical (unpaired) electrons. The Morgan fingerprint density at radius 1 is 1.29 bits per heavy atom. The molecule has 3 rings (SSSR count). The van der Waals surface area contributed by atoms with Gasteiger partial charge in [-0.05, 0) is 67.6 Å². The van der Waals surface area contributed by atoms with Gasteiger partial charge in [0.05, 0.1) is 6.04 Å². The fourth-order valence-electron chi connectivity index (χ4n) is 3.12. The summed E-state index contributed by atoms with van der Waals surface area (Å²) in [5.41, 5.74) is 0.494. The van der Waals surface area contributed by atoms with Crippen LogP contribution in [0.3, 0.4) is 0 Å². The van der Waals surface area contributed by atoms with Crippen LogP contribution in [-0.4, -0.2) is 30.4 Å². The predicted molar refractivity (Wildman–Crippen MR) is 95.8 cm³/mol. The molecule has 1 N–H and O–H groups in total. The van der Waals surface area contributed by atoms with Crippen molar-refractivity contribution in [2.45, 2.75) is 25.8 Å². The third kappa shape index (κ3) is 4.22. The van der Waals surface area contributed by atoms with Crippen LogP contribution in [0.2, 0.25) is 0 Å². The molecule has 1 fully saturated rings. The summed E-state index contributed by atoms with van der Waals surface area (Å²) in [7, 11) is 0. The maximum atomic E-state index is 13.0. The third-order valence-electron chi connectivity index (χ3n) is 4.69. The number of thiophene rings is 1. The molecule has 1 aromatic heterocycles. The van der Waals surface area contributed by atoms with Crippen molar-refractivity contribution in [2.24, 2.45) is 5.92 Å². The molecule has 0 spiro atoms. The van der Waals surface area contributed by atoms with E-state index in [1.165, 1.54) is 42.0 Å². The number of carbonyl (C=O) groups is 1. The summed E-state index contributed by atoms with van der Waals surface area (Å²) in [6, 6.07) is 10.1. The monoisotopic (exact) mass is 346 g/mol. The van der Waals surface area contributed by atoms with Gasteiger partial charge in [-0.25, -0.2) is 4.39 Å². The lowest BCUT2D eigenvalue weighted by atomic mass is 9.97. The maximum Gasteiger partial charge on any atom is 0.251 e. The number of carbonyl (C=O) groups excluding carboxylic acids is 1. The Kier molecular flexibility index (Phi) is 5.63. The molecule has 2 heterocycles. The van der Waals surface area contributed by atoms with Crippen molar-refractivity contribution in [1.82, 2.24) is 10.2 Å². The minimum Gasteiger partial charge on any atom is -0.350 e. The summed E-state index contributed by atoms with van der Waals surface area (Å²) >= 11 is 1.73. The summed E-state index contributed by atoms with van der Waals surface area (Å²) in [5, 5.41) is 5.10. The summed E-state index contributed by atoms with van der Waals surface area (Å²) < 4.78 is 13.0. The van der Waals surface area contributed by atoms with E-state index < -0.39 is 0 Å². The molecule has 128 valence electrons. The van der Waals surface area contributed by atoms with Crippen LogP contribution in [0.1, 0.15) is 41.0 Å². The van der Waals surface area contributed by atoms with Crippen LogP contribution in [0.4, 0.5) is 4.39 Å². The highest BCUT2D eigenvalue weighted by Gasteiger charge is 2.25. The molecule has 0 saturated carbocycles. The van der Waals surface area contributed by atoms with Crippen molar-refractivity contribution in [3.63, 3.8) is 0 Å². The van der Waals surface area contributed by atoms with Gasteiger partial charge in [0.25, 0.3) is 5.91 Å². The zero-order chi connectivity index (χ0) is 16.9. The normalized spacial score (nSPS) is 17.6. The second-order valence-electron chi connectivity index (χ2n) is 6.47. The second kappa shape index (κ2) is 7.90. The summed E-state index contributed by atoms with van der Waals surface area (Å²) in [5.74, 6) is 0.298. The van der Waals surface area contributed by atoms with Gasteiger partial charge in [0, 0.05) is 17.0 Å². The summed E-state index contributed by atoms with van der Waals surface area (Å²) in [4.78, 5) is 16.1. The van der Waals surface area contributed by atoms with Crippen LogP contribution < -0.4 is 5.32 Å². The van der Waals surface area contributed by atoms with E-state index in [0.717, 1.165) is 19.0 Å². The minimum atomic E-state index is -0.328. The average molecular weight is 346 g/mol. The quantitative estimate of drug-likeness (QED) is 0.884. The second-order valence-corrected chi connectivity index (χ2v) is 7.45. The fourth-order valence-corrected chi connectivity index (χ4v) is 3.98. The Labute approximate surface area is 146 Å². The highest BCUT2D eigenvalue weighted by Crippen LogP contribution is 2.29. The molecule has 1 unspecified atom stereocenters. The highest BCUT2D eigenvalue weighted by molar-refractivity contribution is 7.10. The number of halogens is 1. The number of benzene rings is 1. The number of rotatable bonds is 5. The molecule has 1 aromatic carbocycles. The van der Waals surface area contributed by atoms with Gasteiger partial charge in [0.15, 0.2) is 0 Å². The number of piperidine rings is 1. The topological polar surface area (TPSA) is 32.3 Å². The number of nitrogens with zero attached hydrogens (tertiary/aromatic N) is 1. The minimum absolute atomic E-state index is 0.151. The van der Waals surface area contributed by atoms with Crippen LogP contribution in [0, 0.1) is 11.7 Å². The van der Waals surface area contributed by atoms with Crippen molar-refractivity contribution in [3.05, 3.63) is 58.0 Å². The first-order valence-electron chi connectivity index (χ1n) is 8.44. The Balaban J connectivity index is 1.66. The van der Waals surface area contributed by atoms with E-state index in [1.54, 1.807) is 11.3 Å². The first-order chi connectivity index (χ1) is 11.6. The molecular formula is C19H23FN2OS. The fraction of sp³-hybridized carbons (Fsp3) is 0.421. The van der Waals surface area contributed by atoms with Crippen molar-refractivity contribution in [2.75, 3.05) is 19.6 Å². The smallest absolute Gasteiger partial charge is 0.251 e. The Morgan fingerprint density at radius 3 is 2.62 bits per heavy atom. The van der Waals surface area contributed by atoms with Crippen molar-refractivity contribution < 1.29 is 9.18 Å². The first-order valence-corrected chi connectivity index (χ1v) is 9.32. The molecule has 1 amide bonds. The lowest BCUT2D eigenvalue weighted by Crippen LogP contribution is -2.41. The van der Waals surface area contributed by atoms with Gasteiger partial charge in [-0.2, -0.15) is 0 Å². The van der Waals surface area contributed by atoms with E-state index in [9.17, 15) is 9.18 Å². The number of amides is 1. The van der Waals surface area contributed by atoms with Crippen LogP contribution in [0.5, 0.6) is 0 Å². The van der Waals surface area contributed by atoms with Gasteiger partial charge in [-0.3, -0.25) is 9.69 Å². The molecule has 1 atom stereocenters.